The minimum absolute atomic E-state index is 0.127. The fraction of sp³-hybridized carbons (Fsp3) is 0.120. The number of benzene rings is 3. The second-order valence-electron chi connectivity index (χ2n) is 7.20. The topological polar surface area (TPSA) is 40.6 Å². The summed E-state index contributed by atoms with van der Waals surface area (Å²) in [5, 5.41) is 0. The highest BCUT2D eigenvalue weighted by Gasteiger charge is 2.38. The van der Waals surface area contributed by atoms with Crippen molar-refractivity contribution < 1.29 is 22.8 Å². The highest BCUT2D eigenvalue weighted by molar-refractivity contribution is 6.41. The summed E-state index contributed by atoms with van der Waals surface area (Å²) in [6.07, 6.45) is -2.95. The summed E-state index contributed by atoms with van der Waals surface area (Å²) in [5.41, 5.74) is 0.705. The van der Waals surface area contributed by atoms with Gasteiger partial charge < -0.3 is 4.90 Å². The molecule has 0 spiro atoms. The third-order valence-corrected chi connectivity index (χ3v) is 5.23. The molecule has 3 aromatic rings. The van der Waals surface area contributed by atoms with Crippen molar-refractivity contribution in [1.29, 1.82) is 0 Å². The number of amides is 2. The van der Waals surface area contributed by atoms with E-state index in [0.717, 1.165) is 22.7 Å². The SMILES string of the molecule is CCN(C=C1C(=O)N(c2cccc(C(F)(F)F)c2)C(=O)c2ccccc21)c1ccccc1. The van der Waals surface area contributed by atoms with Gasteiger partial charge in [-0.3, -0.25) is 9.59 Å². The normalized spacial score (nSPS) is 15.1. The molecule has 4 rings (SSSR count). The van der Waals surface area contributed by atoms with E-state index in [0.29, 0.717) is 12.1 Å². The quantitative estimate of drug-likeness (QED) is 0.386. The van der Waals surface area contributed by atoms with Crippen LogP contribution < -0.4 is 9.80 Å². The Kier molecular flexibility index (Phi) is 5.57. The highest BCUT2D eigenvalue weighted by atomic mass is 19.4. The lowest BCUT2D eigenvalue weighted by Gasteiger charge is -2.30. The van der Waals surface area contributed by atoms with Crippen LogP contribution in [0.1, 0.15) is 28.4 Å². The largest absolute Gasteiger partial charge is 0.416 e. The van der Waals surface area contributed by atoms with Crippen LogP contribution in [0.3, 0.4) is 0 Å². The number of fused-ring (bicyclic) bond motifs is 1. The van der Waals surface area contributed by atoms with Crippen molar-refractivity contribution in [3.63, 3.8) is 0 Å². The molecule has 2 amide bonds. The van der Waals surface area contributed by atoms with Crippen LogP contribution in [-0.4, -0.2) is 18.4 Å². The summed E-state index contributed by atoms with van der Waals surface area (Å²) < 4.78 is 39.7. The standard InChI is InChI=1S/C25H19F3N2O2/c1-2-29(18-10-4-3-5-11-18)16-22-20-13-6-7-14-21(20)23(31)30(24(22)32)19-12-8-9-17(15-19)25(26,27)28/h3-16H,2H2,1H3. The number of hydrogen-bond donors (Lipinski definition) is 0. The molecule has 0 fully saturated rings. The van der Waals surface area contributed by atoms with Crippen molar-refractivity contribution in [3.05, 3.63) is 102 Å². The maximum Gasteiger partial charge on any atom is 0.416 e. The van der Waals surface area contributed by atoms with Crippen LogP contribution in [0.5, 0.6) is 0 Å². The molecule has 0 aliphatic carbocycles. The lowest BCUT2D eigenvalue weighted by Crippen LogP contribution is -2.42. The van der Waals surface area contributed by atoms with Crippen molar-refractivity contribution in [2.45, 2.75) is 13.1 Å². The van der Waals surface area contributed by atoms with Gasteiger partial charge in [0.2, 0.25) is 0 Å². The van der Waals surface area contributed by atoms with Gasteiger partial charge in [0.05, 0.1) is 16.8 Å². The van der Waals surface area contributed by atoms with Gasteiger partial charge in [-0.25, -0.2) is 4.90 Å². The Morgan fingerprint density at radius 3 is 2.16 bits per heavy atom. The number of alkyl halides is 3. The van der Waals surface area contributed by atoms with Gasteiger partial charge in [0.1, 0.15) is 0 Å². The fourth-order valence-corrected chi connectivity index (χ4v) is 3.66. The Hall–Kier alpha value is -3.87. The van der Waals surface area contributed by atoms with E-state index in [4.69, 9.17) is 0 Å². The number of anilines is 2. The van der Waals surface area contributed by atoms with Gasteiger partial charge in [-0.1, -0.05) is 42.5 Å². The second-order valence-corrected chi connectivity index (χ2v) is 7.20. The summed E-state index contributed by atoms with van der Waals surface area (Å²) in [4.78, 5) is 29.3. The summed E-state index contributed by atoms with van der Waals surface area (Å²) >= 11 is 0. The van der Waals surface area contributed by atoms with Crippen molar-refractivity contribution in [2.75, 3.05) is 16.3 Å². The summed E-state index contributed by atoms with van der Waals surface area (Å²) in [6, 6.07) is 20.2. The Labute approximate surface area is 183 Å². The van der Waals surface area contributed by atoms with Gasteiger partial charge in [0.25, 0.3) is 11.8 Å². The Morgan fingerprint density at radius 1 is 0.844 bits per heavy atom. The molecule has 0 bridgehead atoms. The van der Waals surface area contributed by atoms with Gasteiger partial charge in [-0.2, -0.15) is 13.2 Å². The summed E-state index contributed by atoms with van der Waals surface area (Å²) in [5.74, 6) is -1.34. The maximum absolute atomic E-state index is 13.5. The molecular formula is C25H19F3N2O2. The minimum Gasteiger partial charge on any atom is -0.347 e. The van der Waals surface area contributed by atoms with Crippen LogP contribution in [-0.2, 0) is 11.0 Å². The molecule has 162 valence electrons. The van der Waals surface area contributed by atoms with Crippen molar-refractivity contribution in [2.24, 2.45) is 0 Å². The number of para-hydroxylation sites is 1. The van der Waals surface area contributed by atoms with Crippen LogP contribution in [0, 0.1) is 0 Å². The average Bonchev–Trinajstić information content (AvgIpc) is 2.79. The molecular weight excluding hydrogens is 417 g/mol. The molecule has 1 aliphatic heterocycles. The van der Waals surface area contributed by atoms with Crippen LogP contribution in [0.4, 0.5) is 24.5 Å². The van der Waals surface area contributed by atoms with E-state index in [1.165, 1.54) is 12.1 Å². The lowest BCUT2D eigenvalue weighted by molar-refractivity contribution is -0.137. The molecule has 0 N–H and O–H groups in total. The Balaban J connectivity index is 1.86. The van der Waals surface area contributed by atoms with E-state index >= 15 is 0 Å². The molecule has 0 radical (unpaired) electrons. The van der Waals surface area contributed by atoms with Gasteiger partial charge >= 0.3 is 6.18 Å². The van der Waals surface area contributed by atoms with E-state index < -0.39 is 23.6 Å². The molecule has 0 atom stereocenters. The smallest absolute Gasteiger partial charge is 0.347 e. The van der Waals surface area contributed by atoms with Crippen molar-refractivity contribution in [1.82, 2.24) is 0 Å². The minimum atomic E-state index is -4.60. The molecule has 0 aromatic heterocycles. The molecule has 0 saturated carbocycles. The molecule has 32 heavy (non-hydrogen) atoms. The van der Waals surface area contributed by atoms with Crippen LogP contribution in [0.15, 0.2) is 85.1 Å². The Bertz CT molecular complexity index is 1200. The second kappa shape index (κ2) is 8.34. The molecule has 3 aromatic carbocycles. The predicted octanol–water partition coefficient (Wildman–Crippen LogP) is 5.76. The first-order valence-electron chi connectivity index (χ1n) is 10.00. The fourth-order valence-electron chi connectivity index (χ4n) is 3.66. The zero-order valence-corrected chi connectivity index (χ0v) is 17.1. The maximum atomic E-state index is 13.5. The first-order chi connectivity index (χ1) is 15.3. The lowest BCUT2D eigenvalue weighted by atomic mass is 9.93. The van der Waals surface area contributed by atoms with E-state index in [-0.39, 0.29) is 16.8 Å². The van der Waals surface area contributed by atoms with Crippen LogP contribution >= 0.6 is 0 Å². The van der Waals surface area contributed by atoms with E-state index in [1.54, 1.807) is 30.5 Å². The predicted molar refractivity (Wildman–Crippen MR) is 117 cm³/mol. The van der Waals surface area contributed by atoms with Gasteiger partial charge in [-0.05, 0) is 43.3 Å². The number of imide groups is 1. The number of hydrogen-bond acceptors (Lipinski definition) is 3. The van der Waals surface area contributed by atoms with E-state index in [9.17, 15) is 22.8 Å². The number of carbonyl (C=O) groups excluding carboxylic acids is 2. The van der Waals surface area contributed by atoms with Crippen molar-refractivity contribution >= 4 is 28.8 Å². The first kappa shape index (κ1) is 21.4. The average molecular weight is 436 g/mol. The molecule has 1 heterocycles. The first-order valence-corrected chi connectivity index (χ1v) is 10.00. The van der Waals surface area contributed by atoms with Gasteiger partial charge in [0.15, 0.2) is 0 Å². The highest BCUT2D eigenvalue weighted by Crippen LogP contribution is 2.36. The third-order valence-electron chi connectivity index (χ3n) is 5.23. The van der Waals surface area contributed by atoms with E-state index in [1.807, 2.05) is 42.2 Å². The molecule has 1 aliphatic rings. The van der Waals surface area contributed by atoms with Gasteiger partial charge in [-0.15, -0.1) is 0 Å². The monoisotopic (exact) mass is 436 g/mol. The summed E-state index contributed by atoms with van der Waals surface area (Å²) in [6.45, 7) is 2.46. The zero-order valence-electron chi connectivity index (χ0n) is 17.1. The zero-order chi connectivity index (χ0) is 22.9. The molecule has 0 saturated heterocycles. The molecule has 0 unspecified atom stereocenters. The third kappa shape index (κ3) is 3.89. The number of halogens is 3. The molecule has 7 heteroatoms. The van der Waals surface area contributed by atoms with Crippen LogP contribution in [0.25, 0.3) is 5.57 Å². The number of rotatable bonds is 4. The molecule has 4 nitrogen and oxygen atoms in total. The van der Waals surface area contributed by atoms with Crippen molar-refractivity contribution in [3.8, 4) is 0 Å². The van der Waals surface area contributed by atoms with Gasteiger partial charge in [0, 0.05) is 29.6 Å². The number of carbonyl (C=O) groups is 2. The number of nitrogens with zero attached hydrogens (tertiary/aromatic N) is 2. The summed E-state index contributed by atoms with van der Waals surface area (Å²) in [7, 11) is 0. The Morgan fingerprint density at radius 2 is 1.50 bits per heavy atom. The van der Waals surface area contributed by atoms with E-state index in [2.05, 4.69) is 0 Å². The van der Waals surface area contributed by atoms with Crippen LogP contribution in [0.2, 0.25) is 0 Å².